The molecule has 2 N–H and O–H groups in total. The van der Waals surface area contributed by atoms with Crippen LogP contribution in [-0.4, -0.2) is 51.1 Å². The molecule has 1 fully saturated rings. The fourth-order valence-corrected chi connectivity index (χ4v) is 3.61. The van der Waals surface area contributed by atoms with Gasteiger partial charge in [-0.3, -0.25) is 14.5 Å². The highest BCUT2D eigenvalue weighted by Crippen LogP contribution is 2.23. The summed E-state index contributed by atoms with van der Waals surface area (Å²) in [7, 11) is 1.82. The first-order chi connectivity index (χ1) is 14.9. The molecule has 0 spiro atoms. The molecule has 0 radical (unpaired) electrons. The minimum atomic E-state index is -0.644. The van der Waals surface area contributed by atoms with E-state index in [1.54, 1.807) is 23.0 Å². The number of aromatic nitrogens is 3. The molecule has 0 unspecified atom stereocenters. The van der Waals surface area contributed by atoms with Gasteiger partial charge >= 0.3 is 0 Å². The Morgan fingerprint density at radius 1 is 1.32 bits per heavy atom. The van der Waals surface area contributed by atoms with Crippen molar-refractivity contribution in [1.29, 1.82) is 0 Å². The molecule has 3 aromatic rings. The Labute approximate surface area is 179 Å². The van der Waals surface area contributed by atoms with Crippen LogP contribution in [0.1, 0.15) is 33.6 Å². The van der Waals surface area contributed by atoms with E-state index in [9.17, 15) is 14.3 Å². The van der Waals surface area contributed by atoms with Gasteiger partial charge in [0.2, 0.25) is 0 Å². The fourth-order valence-electron chi connectivity index (χ4n) is 3.61. The van der Waals surface area contributed by atoms with Gasteiger partial charge in [0.05, 0.1) is 24.4 Å². The van der Waals surface area contributed by atoms with E-state index in [1.807, 2.05) is 32.3 Å². The third-order valence-corrected chi connectivity index (χ3v) is 5.53. The number of nitrogens with zero attached hydrogens (tertiary/aromatic N) is 3. The van der Waals surface area contributed by atoms with Crippen molar-refractivity contribution in [3.8, 4) is 11.3 Å². The SMILES string of the molecule is Cc1cnc(C(=O)N[C@H]2COCC[C@@H]2O)cc1Cc1ccc(-c2ccn(C)n2)cc1F. The van der Waals surface area contributed by atoms with Crippen molar-refractivity contribution in [2.45, 2.75) is 31.9 Å². The van der Waals surface area contributed by atoms with Crippen LogP contribution in [0.2, 0.25) is 0 Å². The van der Waals surface area contributed by atoms with Gasteiger partial charge in [0.1, 0.15) is 11.5 Å². The summed E-state index contributed by atoms with van der Waals surface area (Å²) in [4.78, 5) is 16.8. The normalized spacial score (nSPS) is 18.7. The number of halogens is 1. The topological polar surface area (TPSA) is 89.3 Å². The van der Waals surface area contributed by atoms with E-state index in [2.05, 4.69) is 15.4 Å². The van der Waals surface area contributed by atoms with Crippen molar-refractivity contribution in [1.82, 2.24) is 20.1 Å². The highest BCUT2D eigenvalue weighted by molar-refractivity contribution is 5.92. The zero-order valence-corrected chi connectivity index (χ0v) is 17.5. The Kier molecular flexibility index (Phi) is 6.11. The van der Waals surface area contributed by atoms with Crippen LogP contribution in [0.3, 0.4) is 0 Å². The van der Waals surface area contributed by atoms with Crippen LogP contribution in [0.15, 0.2) is 42.7 Å². The molecule has 1 saturated heterocycles. The van der Waals surface area contributed by atoms with Crippen molar-refractivity contribution in [2.24, 2.45) is 7.05 Å². The van der Waals surface area contributed by atoms with Crippen molar-refractivity contribution in [3.05, 3.63) is 70.9 Å². The smallest absolute Gasteiger partial charge is 0.270 e. The van der Waals surface area contributed by atoms with Gasteiger partial charge < -0.3 is 15.2 Å². The summed E-state index contributed by atoms with van der Waals surface area (Å²) >= 11 is 0. The molecule has 1 aliphatic heterocycles. The van der Waals surface area contributed by atoms with Crippen molar-refractivity contribution >= 4 is 5.91 Å². The summed E-state index contributed by atoms with van der Waals surface area (Å²) in [5.74, 6) is -0.713. The second-order valence-corrected chi connectivity index (χ2v) is 7.86. The van der Waals surface area contributed by atoms with E-state index in [0.29, 0.717) is 36.3 Å². The first kappa shape index (κ1) is 21.1. The van der Waals surface area contributed by atoms with Gasteiger partial charge in [-0.25, -0.2) is 4.39 Å². The van der Waals surface area contributed by atoms with Crippen LogP contribution in [0.5, 0.6) is 0 Å². The molecule has 7 nitrogen and oxygen atoms in total. The second-order valence-electron chi connectivity index (χ2n) is 7.86. The number of hydrogen-bond donors (Lipinski definition) is 2. The maximum atomic E-state index is 14.8. The first-order valence-electron chi connectivity index (χ1n) is 10.2. The molecule has 4 rings (SSSR count). The van der Waals surface area contributed by atoms with Crippen LogP contribution < -0.4 is 5.32 Å². The number of carbonyl (C=O) groups is 1. The molecule has 0 aliphatic carbocycles. The molecule has 162 valence electrons. The molecule has 2 atom stereocenters. The van der Waals surface area contributed by atoms with E-state index in [4.69, 9.17) is 4.74 Å². The van der Waals surface area contributed by atoms with Gasteiger partial charge in [0.15, 0.2) is 0 Å². The number of benzene rings is 1. The number of ether oxygens (including phenoxy) is 1. The van der Waals surface area contributed by atoms with Gasteiger partial charge in [-0.15, -0.1) is 0 Å². The lowest BCUT2D eigenvalue weighted by molar-refractivity contribution is -0.0140. The Hall–Kier alpha value is -3.10. The van der Waals surface area contributed by atoms with Crippen LogP contribution >= 0.6 is 0 Å². The van der Waals surface area contributed by atoms with E-state index >= 15 is 0 Å². The maximum absolute atomic E-state index is 14.8. The van der Waals surface area contributed by atoms with Gasteiger partial charge in [0.25, 0.3) is 5.91 Å². The van der Waals surface area contributed by atoms with Crippen LogP contribution in [-0.2, 0) is 18.2 Å². The van der Waals surface area contributed by atoms with Crippen LogP contribution in [0.25, 0.3) is 11.3 Å². The predicted molar refractivity (Wildman–Crippen MR) is 113 cm³/mol. The molecule has 0 bridgehead atoms. The Balaban J connectivity index is 1.51. The number of aliphatic hydroxyl groups excluding tert-OH is 1. The number of rotatable bonds is 5. The zero-order valence-electron chi connectivity index (χ0n) is 17.5. The van der Waals surface area contributed by atoms with Crippen molar-refractivity contribution in [2.75, 3.05) is 13.2 Å². The lowest BCUT2D eigenvalue weighted by Gasteiger charge is -2.28. The molecule has 8 heteroatoms. The largest absolute Gasteiger partial charge is 0.391 e. The van der Waals surface area contributed by atoms with E-state index in [-0.39, 0.29) is 24.0 Å². The van der Waals surface area contributed by atoms with E-state index in [0.717, 1.165) is 11.1 Å². The predicted octanol–water partition coefficient (Wildman–Crippen LogP) is 2.40. The molecular formula is C23H25FN4O3. The highest BCUT2D eigenvalue weighted by Gasteiger charge is 2.26. The van der Waals surface area contributed by atoms with Crippen LogP contribution in [0.4, 0.5) is 4.39 Å². The summed E-state index contributed by atoms with van der Waals surface area (Å²) in [6, 6.07) is 8.11. The maximum Gasteiger partial charge on any atom is 0.270 e. The number of nitrogens with one attached hydrogen (secondary N) is 1. The minimum absolute atomic E-state index is 0.226. The summed E-state index contributed by atoms with van der Waals surface area (Å²) in [5, 5.41) is 17.1. The summed E-state index contributed by atoms with van der Waals surface area (Å²) in [5.41, 5.74) is 3.85. The van der Waals surface area contributed by atoms with Gasteiger partial charge in [-0.1, -0.05) is 12.1 Å². The number of aliphatic hydroxyl groups is 1. The number of pyridine rings is 1. The van der Waals surface area contributed by atoms with Crippen molar-refractivity contribution < 1.29 is 19.0 Å². The monoisotopic (exact) mass is 424 g/mol. The third kappa shape index (κ3) is 4.81. The first-order valence-corrected chi connectivity index (χ1v) is 10.2. The van der Waals surface area contributed by atoms with Crippen molar-refractivity contribution in [3.63, 3.8) is 0 Å². The highest BCUT2D eigenvalue weighted by atomic mass is 19.1. The van der Waals surface area contributed by atoms with Gasteiger partial charge in [-0.05, 0) is 48.2 Å². The lowest BCUT2D eigenvalue weighted by Crippen LogP contribution is -2.49. The molecule has 0 saturated carbocycles. The third-order valence-electron chi connectivity index (χ3n) is 5.53. The van der Waals surface area contributed by atoms with Crippen LogP contribution in [0, 0.1) is 12.7 Å². The Morgan fingerprint density at radius 3 is 2.87 bits per heavy atom. The summed E-state index contributed by atoms with van der Waals surface area (Å²) in [6.07, 6.45) is 3.59. The summed E-state index contributed by atoms with van der Waals surface area (Å²) in [6.45, 7) is 2.62. The minimum Gasteiger partial charge on any atom is -0.391 e. The molecule has 1 amide bonds. The zero-order chi connectivity index (χ0) is 22.0. The molecule has 2 aromatic heterocycles. The molecule has 1 aromatic carbocycles. The Morgan fingerprint density at radius 2 is 2.16 bits per heavy atom. The molecule has 1 aliphatic rings. The average molecular weight is 424 g/mol. The number of hydrogen-bond acceptors (Lipinski definition) is 5. The summed E-state index contributed by atoms with van der Waals surface area (Å²) < 4.78 is 21.8. The number of amides is 1. The quantitative estimate of drug-likeness (QED) is 0.657. The fraction of sp³-hybridized carbons (Fsp3) is 0.348. The second kappa shape index (κ2) is 8.95. The molecule has 3 heterocycles. The van der Waals surface area contributed by atoms with Gasteiger partial charge in [0, 0.05) is 38.0 Å². The lowest BCUT2D eigenvalue weighted by atomic mass is 9.99. The molecular weight excluding hydrogens is 399 g/mol. The molecule has 31 heavy (non-hydrogen) atoms. The average Bonchev–Trinajstić information content (AvgIpc) is 3.19. The standard InChI is InChI=1S/C23H25FN4O3/c1-14-12-25-20(23(30)26-21-13-31-8-6-22(21)29)11-17(14)9-15-3-4-16(10-18(15)24)19-5-7-28(2)27-19/h3-5,7,10-12,21-22,29H,6,8-9,13H2,1-2H3,(H,26,30)/t21-,22-/m0/s1. The van der Waals surface area contributed by atoms with E-state index < -0.39 is 12.1 Å². The number of carbonyl (C=O) groups excluding carboxylic acids is 1. The van der Waals surface area contributed by atoms with Gasteiger partial charge in [-0.2, -0.15) is 5.10 Å². The Bertz CT molecular complexity index is 1100. The number of aryl methyl sites for hydroxylation is 2. The van der Waals surface area contributed by atoms with E-state index in [1.165, 1.54) is 6.07 Å².